The molecule has 0 aromatic rings. The van der Waals surface area contributed by atoms with Crippen LogP contribution in [-0.2, 0) is 33.0 Å². The smallest absolute Gasteiger partial charge is 0.460 e. The summed E-state index contributed by atoms with van der Waals surface area (Å²) in [5.74, 6) is -4.61. The van der Waals surface area contributed by atoms with E-state index in [4.69, 9.17) is 4.74 Å². The standard InChI is InChI=1S/C29H54N3O10P/c1-6-7-8-9-10-11-12-13-14-15-16-17-23-20(4)26(34)31-24(19(2)3)27(35)32-25(21(5)42-43(38,39)40)28(36)30-22(18-33)29(37)41-23/h19-25,33H,6-18H2,1-5H3,(H,30,36)(H,31,34)(H,32,35)(H2,38,39,40)/t20-,21-,22?,23?,24+,25?/m1/s1. The van der Waals surface area contributed by atoms with E-state index in [1.807, 2.05) is 0 Å². The lowest BCUT2D eigenvalue weighted by Gasteiger charge is -2.29. The van der Waals surface area contributed by atoms with Crippen LogP contribution in [0.1, 0.15) is 112 Å². The first-order chi connectivity index (χ1) is 20.2. The number of rotatable bonds is 17. The molecule has 0 spiro atoms. The van der Waals surface area contributed by atoms with Crippen molar-refractivity contribution in [1.29, 1.82) is 0 Å². The molecule has 6 N–H and O–H groups in total. The van der Waals surface area contributed by atoms with E-state index in [9.17, 15) is 38.6 Å². The second kappa shape index (κ2) is 20.1. The first-order valence-corrected chi connectivity index (χ1v) is 17.2. The highest BCUT2D eigenvalue weighted by Gasteiger charge is 2.39. The van der Waals surface area contributed by atoms with E-state index in [1.165, 1.54) is 44.9 Å². The number of nitrogens with one attached hydrogen (secondary N) is 3. The SMILES string of the molecule is CCCCCCCCCCCCCC1OC(=O)C(CO)NC(=O)C([C@@H](C)OP(=O)(O)O)NC(=O)[C@H](C(C)C)NC(=O)[C@@H]1C. The average molecular weight is 636 g/mol. The maximum atomic E-state index is 13.3. The van der Waals surface area contributed by atoms with Gasteiger partial charge in [-0.05, 0) is 25.7 Å². The third-order valence-corrected chi connectivity index (χ3v) is 8.32. The van der Waals surface area contributed by atoms with E-state index >= 15 is 0 Å². The Kier molecular flexibility index (Phi) is 18.2. The minimum absolute atomic E-state index is 0.373. The van der Waals surface area contributed by atoms with E-state index in [0.717, 1.165) is 26.2 Å². The fourth-order valence-corrected chi connectivity index (χ4v) is 5.55. The average Bonchev–Trinajstić information content (AvgIpc) is 2.93. The molecule has 0 aromatic heterocycles. The van der Waals surface area contributed by atoms with Crippen molar-refractivity contribution in [3.05, 3.63) is 0 Å². The molecule has 14 heteroatoms. The van der Waals surface area contributed by atoms with Crippen LogP contribution in [0.5, 0.6) is 0 Å². The van der Waals surface area contributed by atoms with Crippen LogP contribution in [0.2, 0.25) is 0 Å². The summed E-state index contributed by atoms with van der Waals surface area (Å²) in [5.41, 5.74) is 0. The van der Waals surface area contributed by atoms with Gasteiger partial charge >= 0.3 is 13.8 Å². The van der Waals surface area contributed by atoms with Gasteiger partial charge in [-0.25, -0.2) is 9.36 Å². The van der Waals surface area contributed by atoms with Crippen molar-refractivity contribution in [2.24, 2.45) is 11.8 Å². The summed E-state index contributed by atoms with van der Waals surface area (Å²) in [4.78, 5) is 71.1. The van der Waals surface area contributed by atoms with E-state index in [2.05, 4.69) is 27.4 Å². The van der Waals surface area contributed by atoms with Gasteiger partial charge in [-0.3, -0.25) is 18.9 Å². The van der Waals surface area contributed by atoms with Crippen molar-refractivity contribution >= 4 is 31.5 Å². The molecular formula is C29H54N3O10P. The lowest BCUT2D eigenvalue weighted by molar-refractivity contribution is -0.159. The Labute approximate surface area is 255 Å². The van der Waals surface area contributed by atoms with Gasteiger partial charge < -0.3 is 35.6 Å². The maximum absolute atomic E-state index is 13.3. The molecular weight excluding hydrogens is 581 g/mol. The molecule has 0 aromatic carbocycles. The van der Waals surface area contributed by atoms with Crippen LogP contribution in [0, 0.1) is 11.8 Å². The predicted molar refractivity (Wildman–Crippen MR) is 160 cm³/mol. The zero-order valence-corrected chi connectivity index (χ0v) is 27.3. The van der Waals surface area contributed by atoms with Gasteiger partial charge in [-0.2, -0.15) is 0 Å². The topological polar surface area (TPSA) is 201 Å². The largest absolute Gasteiger partial charge is 0.469 e. The second-order valence-electron chi connectivity index (χ2n) is 11.8. The van der Waals surface area contributed by atoms with Gasteiger partial charge in [0.05, 0.1) is 18.6 Å². The Balaban J connectivity index is 3.02. The van der Waals surface area contributed by atoms with Crippen molar-refractivity contribution < 1.29 is 47.9 Å². The van der Waals surface area contributed by atoms with Crippen molar-refractivity contribution in [3.63, 3.8) is 0 Å². The minimum Gasteiger partial charge on any atom is -0.460 e. The number of ether oxygens (including phenoxy) is 1. The molecule has 250 valence electrons. The molecule has 43 heavy (non-hydrogen) atoms. The minimum atomic E-state index is -5.07. The molecule has 1 fully saturated rings. The molecule has 1 saturated heterocycles. The van der Waals surface area contributed by atoms with Gasteiger partial charge in [0.2, 0.25) is 17.7 Å². The highest BCUT2D eigenvalue weighted by molar-refractivity contribution is 7.46. The third-order valence-electron chi connectivity index (χ3n) is 7.71. The van der Waals surface area contributed by atoms with Gasteiger partial charge in [0, 0.05) is 0 Å². The van der Waals surface area contributed by atoms with E-state index in [1.54, 1.807) is 20.8 Å². The van der Waals surface area contributed by atoms with Gasteiger partial charge in [-0.1, -0.05) is 91.9 Å². The third kappa shape index (κ3) is 15.0. The first kappa shape index (κ1) is 39.0. The van der Waals surface area contributed by atoms with E-state index in [-0.39, 0.29) is 0 Å². The van der Waals surface area contributed by atoms with Crippen LogP contribution in [-0.4, -0.2) is 75.5 Å². The Morgan fingerprint density at radius 3 is 1.77 bits per heavy atom. The van der Waals surface area contributed by atoms with Crippen molar-refractivity contribution in [1.82, 2.24) is 16.0 Å². The fourth-order valence-electron chi connectivity index (χ4n) is 5.00. The zero-order chi connectivity index (χ0) is 32.6. The number of aliphatic hydroxyl groups excluding tert-OH is 1. The number of phosphoric ester groups is 1. The van der Waals surface area contributed by atoms with E-state index < -0.39 is 80.3 Å². The number of unbranched alkanes of at least 4 members (excludes halogenated alkanes) is 10. The van der Waals surface area contributed by atoms with Crippen LogP contribution >= 0.6 is 7.82 Å². The summed E-state index contributed by atoms with van der Waals surface area (Å²) in [6.45, 7) is 7.46. The molecule has 0 bridgehead atoms. The maximum Gasteiger partial charge on any atom is 0.469 e. The van der Waals surface area contributed by atoms with Gasteiger partial charge in [0.25, 0.3) is 0 Å². The Morgan fingerprint density at radius 2 is 1.28 bits per heavy atom. The number of esters is 1. The number of aliphatic hydroxyl groups is 1. The quantitative estimate of drug-likeness (QED) is 0.0784. The van der Waals surface area contributed by atoms with Gasteiger partial charge in [-0.15, -0.1) is 0 Å². The highest BCUT2D eigenvalue weighted by Crippen LogP contribution is 2.38. The molecule has 1 aliphatic rings. The highest BCUT2D eigenvalue weighted by atomic mass is 31.2. The van der Waals surface area contributed by atoms with Crippen LogP contribution in [0.4, 0.5) is 0 Å². The first-order valence-electron chi connectivity index (χ1n) is 15.7. The molecule has 13 nitrogen and oxygen atoms in total. The second-order valence-corrected chi connectivity index (χ2v) is 13.0. The van der Waals surface area contributed by atoms with E-state index in [0.29, 0.717) is 12.8 Å². The van der Waals surface area contributed by atoms with Crippen molar-refractivity contribution in [2.45, 2.75) is 142 Å². The molecule has 6 atom stereocenters. The van der Waals surface area contributed by atoms with Crippen LogP contribution in [0.3, 0.4) is 0 Å². The van der Waals surface area contributed by atoms with Gasteiger partial charge in [0.1, 0.15) is 18.2 Å². The van der Waals surface area contributed by atoms with Crippen molar-refractivity contribution in [2.75, 3.05) is 6.61 Å². The van der Waals surface area contributed by atoms with Gasteiger partial charge in [0.15, 0.2) is 6.04 Å². The number of carbonyl (C=O) groups excluding carboxylic acids is 4. The molecule has 3 unspecified atom stereocenters. The van der Waals surface area contributed by atoms with Crippen molar-refractivity contribution in [3.8, 4) is 0 Å². The summed E-state index contributed by atoms with van der Waals surface area (Å²) in [6, 6.07) is -4.34. The van der Waals surface area contributed by atoms with Crippen LogP contribution in [0.15, 0.2) is 0 Å². The number of hydrogen-bond acceptors (Lipinski definition) is 8. The van der Waals surface area contributed by atoms with Crippen LogP contribution < -0.4 is 16.0 Å². The molecule has 3 amide bonds. The Morgan fingerprint density at radius 1 is 0.791 bits per heavy atom. The Hall–Kier alpha value is -2.05. The summed E-state index contributed by atoms with van der Waals surface area (Å²) < 4.78 is 21.7. The summed E-state index contributed by atoms with van der Waals surface area (Å²) in [7, 11) is -5.07. The Bertz CT molecular complexity index is 928. The molecule has 1 heterocycles. The summed E-state index contributed by atoms with van der Waals surface area (Å²) in [6.07, 6.45) is 10.4. The summed E-state index contributed by atoms with van der Waals surface area (Å²) >= 11 is 0. The molecule has 1 aliphatic heterocycles. The number of amides is 3. The monoisotopic (exact) mass is 635 g/mol. The predicted octanol–water partition coefficient (Wildman–Crippen LogP) is 2.85. The number of cyclic esters (lactones) is 1. The fraction of sp³-hybridized carbons (Fsp3) is 0.862. The molecule has 0 aliphatic carbocycles. The normalized spacial score (nSPS) is 25.1. The zero-order valence-electron chi connectivity index (χ0n) is 26.4. The lowest BCUT2D eigenvalue weighted by Crippen LogP contribution is -2.60. The summed E-state index contributed by atoms with van der Waals surface area (Å²) in [5, 5.41) is 17.2. The number of phosphoric acid groups is 1. The number of carbonyl (C=O) groups is 4. The van der Waals surface area contributed by atoms with Crippen LogP contribution in [0.25, 0.3) is 0 Å². The molecule has 0 saturated carbocycles. The molecule has 1 rings (SSSR count). The lowest BCUT2D eigenvalue weighted by atomic mass is 9.95. The molecule has 0 radical (unpaired) electrons. The number of hydrogen-bond donors (Lipinski definition) is 6.